The number of carbonyl (C=O) groups is 2. The molecule has 39 heavy (non-hydrogen) atoms. The van der Waals surface area contributed by atoms with Crippen molar-refractivity contribution in [1.82, 2.24) is 9.80 Å². The van der Waals surface area contributed by atoms with Crippen molar-refractivity contribution in [3.05, 3.63) is 47.0 Å². The number of halogens is 3. The third-order valence-corrected chi connectivity index (χ3v) is 7.33. The van der Waals surface area contributed by atoms with E-state index in [0.29, 0.717) is 37.7 Å². The summed E-state index contributed by atoms with van der Waals surface area (Å²) >= 11 is 0. The lowest BCUT2D eigenvalue weighted by molar-refractivity contribution is -0.139. The van der Waals surface area contributed by atoms with Gasteiger partial charge in [0.25, 0.3) is 0 Å². The van der Waals surface area contributed by atoms with Gasteiger partial charge in [-0.3, -0.25) is 9.59 Å². The number of ether oxygens (including phenoxy) is 3. The number of hydrogen-bond acceptors (Lipinski definition) is 6. The standard InChI is InChI=1S/C28H34F3N3O5/c1-37-23-7-6-21(15-22(23)28(29,30)31)32-26(35)9-11-33-10-4-5-19(16-33)27(36)34-12-8-18-13-24(38-2)25(39-3)14-20(18)17-34/h6-7,13-15,19H,4-5,8-12,16-17H2,1-3H3,(H,32,35). The minimum absolute atomic E-state index is 0.0550. The number of anilines is 1. The first-order valence-corrected chi connectivity index (χ1v) is 12.9. The van der Waals surface area contributed by atoms with Gasteiger partial charge >= 0.3 is 6.18 Å². The van der Waals surface area contributed by atoms with Crippen LogP contribution in [0.1, 0.15) is 36.0 Å². The Hall–Kier alpha value is -3.47. The van der Waals surface area contributed by atoms with E-state index in [1.54, 1.807) is 14.2 Å². The van der Waals surface area contributed by atoms with E-state index in [9.17, 15) is 22.8 Å². The van der Waals surface area contributed by atoms with Crippen molar-refractivity contribution in [2.75, 3.05) is 52.8 Å². The molecule has 11 heteroatoms. The van der Waals surface area contributed by atoms with Gasteiger partial charge in [0.1, 0.15) is 5.75 Å². The van der Waals surface area contributed by atoms with Crippen LogP contribution in [0.15, 0.2) is 30.3 Å². The van der Waals surface area contributed by atoms with Crippen molar-refractivity contribution < 1.29 is 37.0 Å². The van der Waals surface area contributed by atoms with Gasteiger partial charge < -0.3 is 29.3 Å². The Morgan fingerprint density at radius 2 is 1.67 bits per heavy atom. The van der Waals surface area contributed by atoms with Crippen molar-refractivity contribution >= 4 is 17.5 Å². The molecule has 0 saturated carbocycles. The molecule has 212 valence electrons. The van der Waals surface area contributed by atoms with Gasteiger partial charge in [0.15, 0.2) is 11.5 Å². The number of likely N-dealkylation sites (tertiary alicyclic amines) is 1. The third-order valence-electron chi connectivity index (χ3n) is 7.33. The summed E-state index contributed by atoms with van der Waals surface area (Å²) in [5, 5.41) is 2.54. The predicted molar refractivity (Wildman–Crippen MR) is 139 cm³/mol. The topological polar surface area (TPSA) is 80.3 Å². The summed E-state index contributed by atoms with van der Waals surface area (Å²) in [5.41, 5.74) is 1.30. The molecule has 2 aromatic carbocycles. The Bertz CT molecular complexity index is 1200. The van der Waals surface area contributed by atoms with Gasteiger partial charge in [0.05, 0.1) is 32.8 Å². The van der Waals surface area contributed by atoms with Gasteiger partial charge in [0, 0.05) is 38.3 Å². The van der Waals surface area contributed by atoms with Gasteiger partial charge in [-0.25, -0.2) is 0 Å². The third kappa shape index (κ3) is 6.76. The average molecular weight is 550 g/mol. The zero-order chi connectivity index (χ0) is 28.2. The molecule has 2 amide bonds. The SMILES string of the molecule is COc1cc2c(cc1OC)CN(C(=O)C1CCCN(CCC(=O)Nc3ccc(OC)c(C(F)(F)F)c3)C1)CC2. The molecular weight excluding hydrogens is 515 g/mol. The molecule has 2 aromatic rings. The van der Waals surface area contributed by atoms with Crippen LogP contribution in [-0.2, 0) is 28.7 Å². The Labute approximate surface area is 226 Å². The van der Waals surface area contributed by atoms with E-state index < -0.39 is 17.6 Å². The van der Waals surface area contributed by atoms with Crippen LogP contribution >= 0.6 is 0 Å². The van der Waals surface area contributed by atoms with Crippen LogP contribution in [0.25, 0.3) is 0 Å². The average Bonchev–Trinajstić information content (AvgIpc) is 2.94. The zero-order valence-corrected chi connectivity index (χ0v) is 22.4. The largest absolute Gasteiger partial charge is 0.496 e. The van der Waals surface area contributed by atoms with E-state index in [4.69, 9.17) is 14.2 Å². The smallest absolute Gasteiger partial charge is 0.420 e. The number of hydrogen-bond donors (Lipinski definition) is 1. The summed E-state index contributed by atoms with van der Waals surface area (Å²) < 4.78 is 55.4. The van der Waals surface area contributed by atoms with E-state index in [0.717, 1.165) is 50.1 Å². The lowest BCUT2D eigenvalue weighted by Gasteiger charge is -2.36. The highest BCUT2D eigenvalue weighted by atomic mass is 19.4. The van der Waals surface area contributed by atoms with E-state index in [-0.39, 0.29) is 29.7 Å². The maximum Gasteiger partial charge on any atom is 0.420 e. The molecular formula is C28H34F3N3O5. The van der Waals surface area contributed by atoms with E-state index in [1.807, 2.05) is 17.0 Å². The second kappa shape index (κ2) is 12.1. The second-order valence-corrected chi connectivity index (χ2v) is 9.84. The van der Waals surface area contributed by atoms with Crippen LogP contribution in [0.5, 0.6) is 17.2 Å². The Morgan fingerprint density at radius 1 is 0.974 bits per heavy atom. The first kappa shape index (κ1) is 28.5. The maximum absolute atomic E-state index is 13.4. The minimum Gasteiger partial charge on any atom is -0.496 e. The Morgan fingerprint density at radius 3 is 2.33 bits per heavy atom. The van der Waals surface area contributed by atoms with Crippen molar-refractivity contribution in [2.24, 2.45) is 5.92 Å². The number of fused-ring (bicyclic) bond motifs is 1. The van der Waals surface area contributed by atoms with Crippen LogP contribution in [0.4, 0.5) is 18.9 Å². The molecule has 8 nitrogen and oxygen atoms in total. The Balaban J connectivity index is 1.31. The summed E-state index contributed by atoms with van der Waals surface area (Å²) in [6.45, 7) is 2.86. The van der Waals surface area contributed by atoms with E-state index in [2.05, 4.69) is 10.2 Å². The first-order valence-electron chi connectivity index (χ1n) is 12.9. The molecule has 1 atom stereocenters. The fraction of sp³-hybridized carbons (Fsp3) is 0.500. The fourth-order valence-electron chi connectivity index (χ4n) is 5.28. The number of amides is 2. The molecule has 2 aliphatic rings. The van der Waals surface area contributed by atoms with Gasteiger partial charge in [-0.05, 0) is 67.3 Å². The zero-order valence-electron chi connectivity index (χ0n) is 22.4. The number of carbonyl (C=O) groups excluding carboxylic acids is 2. The van der Waals surface area contributed by atoms with Crippen LogP contribution in [0.2, 0.25) is 0 Å². The van der Waals surface area contributed by atoms with Crippen molar-refractivity contribution in [2.45, 2.75) is 38.4 Å². The molecule has 1 N–H and O–H groups in total. The number of benzene rings is 2. The Kier molecular flexibility index (Phi) is 8.89. The molecule has 0 aromatic heterocycles. The number of alkyl halides is 3. The van der Waals surface area contributed by atoms with Gasteiger partial charge in [-0.15, -0.1) is 0 Å². The van der Waals surface area contributed by atoms with Crippen LogP contribution < -0.4 is 19.5 Å². The number of methoxy groups -OCH3 is 3. The highest BCUT2D eigenvalue weighted by molar-refractivity contribution is 5.91. The molecule has 0 spiro atoms. The molecule has 4 rings (SSSR count). The summed E-state index contributed by atoms with van der Waals surface area (Å²) in [6, 6.07) is 7.34. The summed E-state index contributed by atoms with van der Waals surface area (Å²) in [6.07, 6.45) is -2.15. The van der Waals surface area contributed by atoms with Crippen LogP contribution in [-0.4, -0.2) is 69.1 Å². The van der Waals surface area contributed by atoms with E-state index >= 15 is 0 Å². The van der Waals surface area contributed by atoms with E-state index in [1.165, 1.54) is 12.1 Å². The minimum atomic E-state index is -4.60. The van der Waals surface area contributed by atoms with Gasteiger partial charge in [-0.1, -0.05) is 0 Å². The molecule has 0 bridgehead atoms. The summed E-state index contributed by atoms with van der Waals surface area (Å²) in [7, 11) is 4.35. The number of nitrogens with one attached hydrogen (secondary N) is 1. The lowest BCUT2D eigenvalue weighted by Crippen LogP contribution is -2.46. The molecule has 1 fully saturated rings. The first-order chi connectivity index (χ1) is 18.6. The quantitative estimate of drug-likeness (QED) is 0.527. The van der Waals surface area contributed by atoms with Gasteiger partial charge in [0.2, 0.25) is 11.8 Å². The molecule has 0 aliphatic carbocycles. The van der Waals surface area contributed by atoms with Crippen molar-refractivity contribution in [3.8, 4) is 17.2 Å². The molecule has 0 radical (unpaired) electrons. The highest BCUT2D eigenvalue weighted by Crippen LogP contribution is 2.38. The summed E-state index contributed by atoms with van der Waals surface area (Å²) in [5.74, 6) is 0.550. The molecule has 1 unspecified atom stereocenters. The van der Waals surface area contributed by atoms with Crippen molar-refractivity contribution in [1.29, 1.82) is 0 Å². The second-order valence-electron chi connectivity index (χ2n) is 9.84. The number of nitrogens with zero attached hydrogens (tertiary/aromatic N) is 2. The molecule has 1 saturated heterocycles. The van der Waals surface area contributed by atoms with Crippen LogP contribution in [0.3, 0.4) is 0 Å². The predicted octanol–water partition coefficient (Wildman–Crippen LogP) is 4.36. The highest BCUT2D eigenvalue weighted by Gasteiger charge is 2.35. The molecule has 2 aliphatic heterocycles. The van der Waals surface area contributed by atoms with Crippen LogP contribution in [0, 0.1) is 5.92 Å². The number of rotatable bonds is 8. The maximum atomic E-state index is 13.4. The van der Waals surface area contributed by atoms with Gasteiger partial charge in [-0.2, -0.15) is 13.2 Å². The monoisotopic (exact) mass is 549 g/mol. The summed E-state index contributed by atoms with van der Waals surface area (Å²) in [4.78, 5) is 29.9. The molecule has 2 heterocycles. The lowest BCUT2D eigenvalue weighted by atomic mass is 9.93. The normalized spacial score (nSPS) is 17.8. The van der Waals surface area contributed by atoms with Crippen molar-refractivity contribution in [3.63, 3.8) is 0 Å². The number of piperidine rings is 1. The fourth-order valence-corrected chi connectivity index (χ4v) is 5.28.